The van der Waals surface area contributed by atoms with Crippen LogP contribution in [0.5, 0.6) is 0 Å². The Labute approximate surface area is 82.9 Å². The Kier molecular flexibility index (Phi) is 3.63. The monoisotopic (exact) mass is 195 g/mol. The van der Waals surface area contributed by atoms with E-state index in [4.69, 9.17) is 5.73 Å². The SMILES string of the molecule is CCCCC(=O)c1cc(F)ccc1N. The third kappa shape index (κ3) is 2.55. The first-order valence-corrected chi connectivity index (χ1v) is 4.73. The summed E-state index contributed by atoms with van der Waals surface area (Å²) in [4.78, 5) is 11.5. The van der Waals surface area contributed by atoms with Crippen LogP contribution >= 0.6 is 0 Å². The second-order valence-corrected chi connectivity index (χ2v) is 3.26. The van der Waals surface area contributed by atoms with Crippen molar-refractivity contribution in [3.63, 3.8) is 0 Å². The number of Topliss-reactive ketones (excluding diaryl/α,β-unsaturated/α-hetero) is 1. The average molecular weight is 195 g/mol. The lowest BCUT2D eigenvalue weighted by Gasteiger charge is -2.03. The molecule has 0 aliphatic carbocycles. The zero-order valence-corrected chi connectivity index (χ0v) is 8.22. The van der Waals surface area contributed by atoms with E-state index >= 15 is 0 Å². The lowest BCUT2D eigenvalue weighted by Crippen LogP contribution is -2.04. The van der Waals surface area contributed by atoms with Gasteiger partial charge in [0.05, 0.1) is 0 Å². The fraction of sp³-hybridized carbons (Fsp3) is 0.364. The van der Waals surface area contributed by atoms with Gasteiger partial charge in [-0.2, -0.15) is 0 Å². The van der Waals surface area contributed by atoms with E-state index in [1.165, 1.54) is 18.2 Å². The van der Waals surface area contributed by atoms with Crippen molar-refractivity contribution in [3.8, 4) is 0 Å². The van der Waals surface area contributed by atoms with Crippen LogP contribution in [-0.2, 0) is 0 Å². The van der Waals surface area contributed by atoms with Gasteiger partial charge in [-0.15, -0.1) is 0 Å². The first-order chi connectivity index (χ1) is 6.65. The number of anilines is 1. The minimum absolute atomic E-state index is 0.0798. The molecule has 0 unspecified atom stereocenters. The van der Waals surface area contributed by atoms with Gasteiger partial charge in [0.15, 0.2) is 5.78 Å². The molecule has 0 saturated heterocycles. The molecule has 0 spiro atoms. The van der Waals surface area contributed by atoms with Gasteiger partial charge in [-0.1, -0.05) is 13.3 Å². The van der Waals surface area contributed by atoms with Gasteiger partial charge in [0.1, 0.15) is 5.82 Å². The molecular formula is C11H14FNO. The molecule has 0 amide bonds. The predicted octanol–water partition coefficient (Wildman–Crippen LogP) is 2.78. The lowest BCUT2D eigenvalue weighted by molar-refractivity contribution is 0.0980. The number of benzene rings is 1. The maximum absolute atomic E-state index is 12.8. The molecule has 1 aromatic rings. The Morgan fingerprint density at radius 3 is 2.86 bits per heavy atom. The maximum Gasteiger partial charge on any atom is 0.165 e. The van der Waals surface area contributed by atoms with E-state index < -0.39 is 5.82 Å². The Balaban J connectivity index is 2.83. The van der Waals surface area contributed by atoms with Crippen LogP contribution in [0.2, 0.25) is 0 Å². The normalized spacial score (nSPS) is 10.1. The van der Waals surface area contributed by atoms with Crippen molar-refractivity contribution in [1.29, 1.82) is 0 Å². The fourth-order valence-corrected chi connectivity index (χ4v) is 1.24. The summed E-state index contributed by atoms with van der Waals surface area (Å²) in [6.45, 7) is 2.00. The molecule has 0 aliphatic heterocycles. The van der Waals surface area contributed by atoms with Gasteiger partial charge in [0.25, 0.3) is 0 Å². The minimum atomic E-state index is -0.418. The molecule has 0 bridgehead atoms. The van der Waals surface area contributed by atoms with Gasteiger partial charge < -0.3 is 5.73 Å². The van der Waals surface area contributed by atoms with Crippen molar-refractivity contribution >= 4 is 11.5 Å². The Morgan fingerprint density at radius 2 is 2.21 bits per heavy atom. The molecule has 0 heterocycles. The van der Waals surface area contributed by atoms with Crippen molar-refractivity contribution < 1.29 is 9.18 Å². The van der Waals surface area contributed by atoms with Crippen LogP contribution in [0.25, 0.3) is 0 Å². The number of carbonyl (C=O) groups excluding carboxylic acids is 1. The molecule has 0 fully saturated rings. The molecule has 0 aromatic heterocycles. The summed E-state index contributed by atoms with van der Waals surface area (Å²) in [5, 5.41) is 0. The van der Waals surface area contributed by atoms with Crippen LogP contribution in [0.15, 0.2) is 18.2 Å². The van der Waals surface area contributed by atoms with Gasteiger partial charge in [-0.3, -0.25) is 4.79 Å². The lowest BCUT2D eigenvalue weighted by atomic mass is 10.0. The van der Waals surface area contributed by atoms with E-state index in [1.54, 1.807) is 0 Å². The molecule has 2 N–H and O–H groups in total. The molecule has 76 valence electrons. The quantitative estimate of drug-likeness (QED) is 0.593. The first-order valence-electron chi connectivity index (χ1n) is 4.73. The summed E-state index contributed by atoms with van der Waals surface area (Å²) in [6, 6.07) is 3.88. The predicted molar refractivity (Wildman–Crippen MR) is 54.7 cm³/mol. The zero-order valence-electron chi connectivity index (χ0n) is 8.22. The highest BCUT2D eigenvalue weighted by Crippen LogP contribution is 2.16. The van der Waals surface area contributed by atoms with E-state index in [-0.39, 0.29) is 5.78 Å². The van der Waals surface area contributed by atoms with E-state index in [0.717, 1.165) is 12.8 Å². The maximum atomic E-state index is 12.8. The average Bonchev–Trinajstić information content (AvgIpc) is 2.18. The summed E-state index contributed by atoms with van der Waals surface area (Å²) in [7, 11) is 0. The molecule has 3 heteroatoms. The second-order valence-electron chi connectivity index (χ2n) is 3.26. The molecule has 1 aromatic carbocycles. The van der Waals surface area contributed by atoms with Crippen LogP contribution in [0, 0.1) is 5.82 Å². The van der Waals surface area contributed by atoms with Gasteiger partial charge in [-0.25, -0.2) is 4.39 Å². The Hall–Kier alpha value is -1.38. The molecule has 0 saturated carbocycles. The summed E-state index contributed by atoms with van der Waals surface area (Å²) < 4.78 is 12.8. The van der Waals surface area contributed by atoms with Crippen molar-refractivity contribution in [2.75, 3.05) is 5.73 Å². The number of nitrogen functional groups attached to an aromatic ring is 1. The topological polar surface area (TPSA) is 43.1 Å². The molecule has 1 rings (SSSR count). The highest BCUT2D eigenvalue weighted by Gasteiger charge is 2.09. The van der Waals surface area contributed by atoms with Crippen LogP contribution in [-0.4, -0.2) is 5.78 Å². The smallest absolute Gasteiger partial charge is 0.165 e. The number of hydrogen-bond donors (Lipinski definition) is 1. The van der Waals surface area contributed by atoms with E-state index in [0.29, 0.717) is 17.7 Å². The number of ketones is 1. The number of halogens is 1. The summed E-state index contributed by atoms with van der Waals surface area (Å²) >= 11 is 0. The largest absolute Gasteiger partial charge is 0.398 e. The molecule has 0 radical (unpaired) electrons. The standard InChI is InChI=1S/C11H14FNO/c1-2-3-4-11(14)9-7-8(12)5-6-10(9)13/h5-7H,2-4,13H2,1H3. The van der Waals surface area contributed by atoms with E-state index in [2.05, 4.69) is 0 Å². The second kappa shape index (κ2) is 4.74. The van der Waals surface area contributed by atoms with Gasteiger partial charge >= 0.3 is 0 Å². The van der Waals surface area contributed by atoms with Gasteiger partial charge in [0.2, 0.25) is 0 Å². The van der Waals surface area contributed by atoms with Crippen LogP contribution in [0.1, 0.15) is 36.5 Å². The number of hydrogen-bond acceptors (Lipinski definition) is 2. The van der Waals surface area contributed by atoms with Gasteiger partial charge in [0, 0.05) is 17.7 Å². The van der Waals surface area contributed by atoms with Crippen LogP contribution in [0.4, 0.5) is 10.1 Å². The molecule has 0 aliphatic rings. The zero-order chi connectivity index (χ0) is 10.6. The summed E-state index contributed by atoms with van der Waals surface area (Å²) in [5.74, 6) is -0.497. The van der Waals surface area contributed by atoms with E-state index in [9.17, 15) is 9.18 Å². The van der Waals surface area contributed by atoms with Crippen LogP contribution < -0.4 is 5.73 Å². The number of carbonyl (C=O) groups is 1. The van der Waals surface area contributed by atoms with E-state index in [1.807, 2.05) is 6.92 Å². The van der Waals surface area contributed by atoms with Crippen LogP contribution in [0.3, 0.4) is 0 Å². The number of unbranched alkanes of at least 4 members (excludes halogenated alkanes) is 1. The van der Waals surface area contributed by atoms with Crippen molar-refractivity contribution in [2.24, 2.45) is 0 Å². The summed E-state index contributed by atoms with van der Waals surface area (Å²) in [6.07, 6.45) is 2.19. The highest BCUT2D eigenvalue weighted by atomic mass is 19.1. The fourth-order valence-electron chi connectivity index (χ4n) is 1.24. The molecular weight excluding hydrogens is 181 g/mol. The first kappa shape index (κ1) is 10.7. The molecule has 2 nitrogen and oxygen atoms in total. The number of nitrogens with two attached hydrogens (primary N) is 1. The third-order valence-corrected chi connectivity index (χ3v) is 2.07. The minimum Gasteiger partial charge on any atom is -0.398 e. The third-order valence-electron chi connectivity index (χ3n) is 2.07. The molecule has 0 atom stereocenters. The summed E-state index contributed by atoms with van der Waals surface area (Å²) in [5.41, 5.74) is 6.23. The van der Waals surface area contributed by atoms with Crippen molar-refractivity contribution in [2.45, 2.75) is 26.2 Å². The van der Waals surface area contributed by atoms with Crippen molar-refractivity contribution in [1.82, 2.24) is 0 Å². The Bertz CT molecular complexity index is 336. The van der Waals surface area contributed by atoms with Crippen molar-refractivity contribution in [3.05, 3.63) is 29.6 Å². The van der Waals surface area contributed by atoms with Gasteiger partial charge in [-0.05, 0) is 24.6 Å². The molecule has 14 heavy (non-hydrogen) atoms. The Morgan fingerprint density at radius 1 is 1.50 bits per heavy atom. The number of rotatable bonds is 4. The highest BCUT2D eigenvalue weighted by molar-refractivity contribution is 6.00.